The minimum absolute atomic E-state index is 0.396. The zero-order valence-electron chi connectivity index (χ0n) is 54.4. The fourth-order valence-corrected chi connectivity index (χ4v) is 4.52. The van der Waals surface area contributed by atoms with Crippen molar-refractivity contribution >= 4 is 38.6 Å². The van der Waals surface area contributed by atoms with Crippen molar-refractivity contribution in [3.05, 3.63) is 151 Å². The lowest BCUT2D eigenvalue weighted by molar-refractivity contribution is 0.590. The first-order chi connectivity index (χ1) is 34.7. The van der Waals surface area contributed by atoms with Crippen molar-refractivity contribution in [2.45, 2.75) is 26.0 Å². The molecule has 1 aliphatic carbocycles. The zero-order chi connectivity index (χ0) is 57.5. The second-order valence-electron chi connectivity index (χ2n) is 9.26. The van der Waals surface area contributed by atoms with Gasteiger partial charge in [-0.05, 0) is 132 Å². The van der Waals surface area contributed by atoms with E-state index in [0.29, 0.717) is 4.90 Å². The summed E-state index contributed by atoms with van der Waals surface area (Å²) in [6, 6.07) is -25.3. The predicted molar refractivity (Wildman–Crippen MR) is 185 cm³/mol. The van der Waals surface area contributed by atoms with Crippen LogP contribution in [0.5, 0.6) is 0 Å². The molecule has 0 N–H and O–H groups in total. The van der Waals surface area contributed by atoms with Gasteiger partial charge >= 0.3 is 0 Å². The van der Waals surface area contributed by atoms with Gasteiger partial charge in [-0.3, -0.25) is 0 Å². The Morgan fingerprint density at radius 2 is 0.930 bits per heavy atom. The molecule has 7 aromatic rings. The molecule has 0 amide bonds. The number of para-hydroxylation sites is 2. The quantitative estimate of drug-likeness (QED) is 0.199. The minimum atomic E-state index is -4.05. The highest BCUT2D eigenvalue weighted by molar-refractivity contribution is 6.12. The highest BCUT2D eigenvalue weighted by atomic mass is 15.1. The Bertz CT molecular complexity index is 3630. The van der Waals surface area contributed by atoms with E-state index in [1.54, 1.807) is 0 Å². The molecule has 0 saturated heterocycles. The molecular formula is C42H33N. The number of anilines is 3. The SMILES string of the molecule is [2H]c1c([2H])c([2H])c(N(c2c([2H])c([2H])c([2H])c([2H])c2[2H])c2c([2H])c([2H])c3c([2H])c4c(c([2H])c3c2[2H])-c2c-4c([2H])c3c([2H])c(-c4c([2H])c([2H])c(C(C([2H])([2H])[2H])(C([2H])([2H])[2H])C([2H])([2H])[2H])c([2H])c4[2H])c([2H])c([2H])c3c2[2H])c([2H])c1[2H]. The van der Waals surface area contributed by atoms with Crippen molar-refractivity contribution in [1.29, 1.82) is 0 Å². The van der Waals surface area contributed by atoms with Crippen molar-refractivity contribution in [1.82, 2.24) is 0 Å². The Labute approximate surface area is 300 Å². The first kappa shape index (κ1) is 8.49. The fourth-order valence-electron chi connectivity index (χ4n) is 4.52. The van der Waals surface area contributed by atoms with Gasteiger partial charge in [0, 0.05) is 29.4 Å². The zero-order valence-corrected chi connectivity index (χ0v) is 21.4. The highest BCUT2D eigenvalue weighted by Crippen LogP contribution is 2.51. The molecule has 43 heavy (non-hydrogen) atoms. The normalized spacial score (nSPS) is 23.9. The highest BCUT2D eigenvalue weighted by Gasteiger charge is 2.24. The van der Waals surface area contributed by atoms with Crippen LogP contribution in [-0.4, -0.2) is 0 Å². The second-order valence-corrected chi connectivity index (χ2v) is 9.26. The number of hydrogen-bond acceptors (Lipinski definition) is 1. The van der Waals surface area contributed by atoms with Crippen LogP contribution in [0.1, 0.15) is 71.4 Å². The molecular weight excluding hydrogens is 518 g/mol. The van der Waals surface area contributed by atoms with Crippen LogP contribution in [0.4, 0.5) is 17.1 Å². The van der Waals surface area contributed by atoms with E-state index < -0.39 is 249 Å². The summed E-state index contributed by atoms with van der Waals surface area (Å²) >= 11 is 0. The molecule has 206 valence electrons. The maximum absolute atomic E-state index is 9.57. The smallest absolute Gasteiger partial charge is 0.0651 e. The number of rotatable bonds is 4. The summed E-state index contributed by atoms with van der Waals surface area (Å²) in [6.45, 7) is -12.1. The van der Waals surface area contributed by atoms with Gasteiger partial charge < -0.3 is 4.90 Å². The fraction of sp³-hybridized carbons (Fsp3) is 0.0952. The summed E-state index contributed by atoms with van der Waals surface area (Å²) in [5.41, 5.74) is -12.0. The summed E-state index contributed by atoms with van der Waals surface area (Å²) in [6.07, 6.45) is 0. The van der Waals surface area contributed by atoms with Crippen LogP contribution in [0, 0.1) is 0 Å². The first-order valence-electron chi connectivity index (χ1n) is 28.9. The van der Waals surface area contributed by atoms with Crippen molar-refractivity contribution < 1.29 is 45.2 Å². The lowest BCUT2D eigenvalue weighted by Gasteiger charge is -2.28. The van der Waals surface area contributed by atoms with Gasteiger partial charge in [-0.1, -0.05) is 99.1 Å². The second kappa shape index (κ2) is 9.71. The molecule has 0 heterocycles. The number of benzene rings is 7. The van der Waals surface area contributed by atoms with Crippen LogP contribution >= 0.6 is 0 Å². The van der Waals surface area contributed by atoms with Gasteiger partial charge in [0.15, 0.2) is 0 Å². The lowest BCUT2D eigenvalue weighted by atomic mass is 9.77. The number of fused-ring (bicyclic) bond motifs is 6. The van der Waals surface area contributed by atoms with Gasteiger partial charge in [-0.15, -0.1) is 0 Å². The summed E-state index contributed by atoms with van der Waals surface area (Å²) in [5, 5.41) is -2.73. The topological polar surface area (TPSA) is 3.24 Å². The molecule has 0 radical (unpaired) electrons. The third kappa shape index (κ3) is 4.40. The van der Waals surface area contributed by atoms with E-state index in [1.165, 1.54) is 0 Å². The summed E-state index contributed by atoms with van der Waals surface area (Å²) in [4.78, 5) is 0.440. The molecule has 0 aliphatic heterocycles. The Hall–Kier alpha value is -5.14. The molecule has 0 aromatic heterocycles. The largest absolute Gasteiger partial charge is 0.310 e. The van der Waals surface area contributed by atoms with Gasteiger partial charge in [0.1, 0.15) is 0 Å². The number of nitrogens with zero attached hydrogens (tertiary/aromatic N) is 1. The summed E-state index contributed by atoms with van der Waals surface area (Å²) in [7, 11) is 0. The number of hydrogen-bond donors (Lipinski definition) is 0. The standard InChI is InChI=1S/C42H33N/c1-42(2,3)34-19-16-28(17-20-34)29-14-15-30-24-38-40(26-32(30)22-29)39-25-31-18-21-37(23-33(31)27-41(38)39)43(35-10-6-4-7-11-35)36-12-8-5-9-13-36/h4-27H,1-3H3/i1D3,2D3,3D3,4D,5D,6D,7D,8D,9D,10D,11D,12D,13D,14D,15D,16D,17D,18D,19D,20D,21D,22D,23D,24D,25D,26D,27D. The molecule has 7 aromatic carbocycles. The van der Waals surface area contributed by atoms with E-state index in [4.69, 9.17) is 34.3 Å². The Morgan fingerprint density at radius 3 is 1.49 bits per heavy atom. The summed E-state index contributed by atoms with van der Waals surface area (Å²) in [5.74, 6) is 0. The molecule has 0 spiro atoms. The molecule has 1 nitrogen and oxygen atoms in total. The average molecular weight is 585 g/mol. The Kier molecular flexibility index (Phi) is 1.92. The van der Waals surface area contributed by atoms with Crippen LogP contribution in [0.2, 0.25) is 0 Å². The molecule has 1 heteroatoms. The van der Waals surface area contributed by atoms with Crippen molar-refractivity contribution in [2.24, 2.45) is 0 Å². The lowest BCUT2D eigenvalue weighted by Crippen LogP contribution is -2.10. The molecule has 8 rings (SSSR count). The predicted octanol–water partition coefficient (Wildman–Crippen LogP) is 12.1. The third-order valence-corrected chi connectivity index (χ3v) is 6.51. The molecule has 0 bridgehead atoms. The van der Waals surface area contributed by atoms with Gasteiger partial charge in [-0.2, -0.15) is 0 Å². The van der Waals surface area contributed by atoms with E-state index in [0.717, 1.165) is 0 Å². The van der Waals surface area contributed by atoms with E-state index in [-0.39, 0.29) is 0 Å². The van der Waals surface area contributed by atoms with Gasteiger partial charge in [0.05, 0.1) is 32.9 Å². The van der Waals surface area contributed by atoms with Crippen LogP contribution in [0.3, 0.4) is 0 Å². The van der Waals surface area contributed by atoms with Gasteiger partial charge in [0.25, 0.3) is 0 Å². The van der Waals surface area contributed by atoms with E-state index in [9.17, 15) is 11.0 Å². The van der Waals surface area contributed by atoms with Crippen LogP contribution in [0.15, 0.2) is 145 Å². The van der Waals surface area contributed by atoms with E-state index in [2.05, 4.69) is 0 Å². The molecule has 0 fully saturated rings. The Balaban J connectivity index is 1.46. The molecule has 0 unspecified atom stereocenters. The first-order valence-corrected chi connectivity index (χ1v) is 12.4. The maximum atomic E-state index is 9.57. The van der Waals surface area contributed by atoms with Crippen LogP contribution in [0.25, 0.3) is 54.9 Å². The van der Waals surface area contributed by atoms with Crippen molar-refractivity contribution in [3.63, 3.8) is 0 Å². The van der Waals surface area contributed by atoms with Crippen molar-refractivity contribution in [3.8, 4) is 33.4 Å². The molecule has 1 aliphatic rings. The minimum Gasteiger partial charge on any atom is -0.310 e. The van der Waals surface area contributed by atoms with Gasteiger partial charge in [0.2, 0.25) is 0 Å². The third-order valence-electron chi connectivity index (χ3n) is 6.51. The van der Waals surface area contributed by atoms with Gasteiger partial charge in [-0.25, -0.2) is 0 Å². The van der Waals surface area contributed by atoms with E-state index in [1.807, 2.05) is 0 Å². The molecule has 0 atom stereocenters. The average Bonchev–Trinajstić information content (AvgIpc) is 3.30. The monoisotopic (exact) mass is 584 g/mol. The van der Waals surface area contributed by atoms with E-state index >= 15 is 0 Å². The van der Waals surface area contributed by atoms with Crippen molar-refractivity contribution in [2.75, 3.05) is 4.90 Å². The molecule has 0 saturated carbocycles. The van der Waals surface area contributed by atoms with Crippen LogP contribution in [-0.2, 0) is 5.41 Å². The van der Waals surface area contributed by atoms with Crippen LogP contribution < -0.4 is 4.90 Å². The maximum Gasteiger partial charge on any atom is 0.0651 e. The Morgan fingerprint density at radius 1 is 0.442 bits per heavy atom. The summed E-state index contributed by atoms with van der Waals surface area (Å²) < 4.78 is 287.